The van der Waals surface area contributed by atoms with E-state index in [2.05, 4.69) is 28.8 Å². The van der Waals surface area contributed by atoms with Crippen LogP contribution in [0.5, 0.6) is 0 Å². The molecule has 17 heavy (non-hydrogen) atoms. The van der Waals surface area contributed by atoms with Crippen molar-refractivity contribution in [2.24, 2.45) is 5.92 Å². The van der Waals surface area contributed by atoms with E-state index in [4.69, 9.17) is 16.3 Å². The molecular formula is C12H18ClN3O. The van der Waals surface area contributed by atoms with Gasteiger partial charge in [-0.25, -0.2) is 9.97 Å². The minimum Gasteiger partial charge on any atom is -0.377 e. The van der Waals surface area contributed by atoms with Gasteiger partial charge in [0.05, 0.1) is 0 Å². The molecule has 0 radical (unpaired) electrons. The van der Waals surface area contributed by atoms with E-state index in [0.29, 0.717) is 23.6 Å². The first-order valence-electron chi connectivity index (χ1n) is 5.87. The summed E-state index contributed by atoms with van der Waals surface area (Å²) in [6.07, 6.45) is 2.63. The van der Waals surface area contributed by atoms with Crippen LogP contribution in [0.25, 0.3) is 0 Å². The van der Waals surface area contributed by atoms with E-state index in [9.17, 15) is 0 Å². The molecule has 1 saturated carbocycles. The van der Waals surface area contributed by atoms with Crippen molar-refractivity contribution in [3.05, 3.63) is 17.0 Å². The summed E-state index contributed by atoms with van der Waals surface area (Å²) < 4.78 is 5.04. The van der Waals surface area contributed by atoms with Crippen molar-refractivity contribution in [3.8, 4) is 0 Å². The predicted molar refractivity (Wildman–Crippen MR) is 68.3 cm³/mol. The lowest BCUT2D eigenvalue weighted by atomic mass is 10.2. The topological polar surface area (TPSA) is 38.2 Å². The van der Waals surface area contributed by atoms with Gasteiger partial charge in [-0.05, 0) is 25.7 Å². The molecular weight excluding hydrogens is 238 g/mol. The molecule has 1 aromatic rings. The zero-order chi connectivity index (χ0) is 12.4. The normalized spacial score (nSPS) is 16.9. The lowest BCUT2D eigenvalue weighted by molar-refractivity contribution is 0.178. The van der Waals surface area contributed by atoms with Gasteiger partial charge in [0.15, 0.2) is 5.82 Å². The van der Waals surface area contributed by atoms with Gasteiger partial charge in [-0.15, -0.1) is 0 Å². The quantitative estimate of drug-likeness (QED) is 0.758. The number of ether oxygens (including phenoxy) is 1. The molecule has 1 fully saturated rings. The maximum Gasteiger partial charge on any atom is 0.158 e. The number of hydrogen-bond donors (Lipinski definition) is 0. The van der Waals surface area contributed by atoms with Gasteiger partial charge < -0.3 is 9.64 Å². The Morgan fingerprint density at radius 1 is 1.53 bits per heavy atom. The lowest BCUT2D eigenvalue weighted by Gasteiger charge is -2.26. The zero-order valence-corrected chi connectivity index (χ0v) is 11.2. The van der Waals surface area contributed by atoms with Gasteiger partial charge in [-0.1, -0.05) is 11.6 Å². The summed E-state index contributed by atoms with van der Waals surface area (Å²) >= 11 is 6.00. The molecule has 5 heteroatoms. The Kier molecular flexibility index (Phi) is 3.84. The predicted octanol–water partition coefficient (Wildman–Crippen LogP) is 2.51. The standard InChI is InChI=1S/C12H18ClN3O/c1-8(9-4-5-9)16(2)12-6-10(13)14-11(15-12)7-17-3/h6,8-9H,4-5,7H2,1-3H3. The van der Waals surface area contributed by atoms with Crippen molar-refractivity contribution < 1.29 is 4.74 Å². The molecule has 0 aromatic carbocycles. The van der Waals surface area contributed by atoms with Crippen LogP contribution >= 0.6 is 11.6 Å². The van der Waals surface area contributed by atoms with Gasteiger partial charge in [0.25, 0.3) is 0 Å². The van der Waals surface area contributed by atoms with Crippen molar-refractivity contribution in [2.45, 2.75) is 32.4 Å². The molecule has 1 aliphatic rings. The van der Waals surface area contributed by atoms with E-state index in [-0.39, 0.29) is 0 Å². The number of hydrogen-bond acceptors (Lipinski definition) is 4. The molecule has 2 rings (SSSR count). The molecule has 1 unspecified atom stereocenters. The van der Waals surface area contributed by atoms with E-state index in [1.54, 1.807) is 13.2 Å². The highest BCUT2D eigenvalue weighted by molar-refractivity contribution is 6.29. The number of anilines is 1. The second-order valence-corrected chi connectivity index (χ2v) is 4.97. The van der Waals surface area contributed by atoms with Crippen molar-refractivity contribution in [2.75, 3.05) is 19.1 Å². The molecule has 0 saturated heterocycles. The van der Waals surface area contributed by atoms with Crippen LogP contribution in [0.2, 0.25) is 5.15 Å². The van der Waals surface area contributed by atoms with Gasteiger partial charge in [-0.2, -0.15) is 0 Å². The van der Waals surface area contributed by atoms with Gasteiger partial charge in [0, 0.05) is 26.3 Å². The van der Waals surface area contributed by atoms with Gasteiger partial charge in [-0.3, -0.25) is 0 Å². The third-order valence-corrected chi connectivity index (χ3v) is 3.47. The summed E-state index contributed by atoms with van der Waals surface area (Å²) in [6.45, 7) is 2.61. The molecule has 0 aliphatic heterocycles. The highest BCUT2D eigenvalue weighted by Gasteiger charge is 2.31. The molecule has 1 heterocycles. The summed E-state index contributed by atoms with van der Waals surface area (Å²) in [6, 6.07) is 2.30. The highest BCUT2D eigenvalue weighted by Crippen LogP contribution is 2.36. The molecule has 4 nitrogen and oxygen atoms in total. The fourth-order valence-corrected chi connectivity index (χ4v) is 2.12. The minimum atomic E-state index is 0.388. The summed E-state index contributed by atoms with van der Waals surface area (Å²) in [5, 5.41) is 0.469. The molecule has 0 bridgehead atoms. The number of halogens is 1. The van der Waals surface area contributed by atoms with Crippen LogP contribution in [0.1, 0.15) is 25.6 Å². The average Bonchev–Trinajstić information content (AvgIpc) is 3.10. The number of methoxy groups -OCH3 is 1. The van der Waals surface area contributed by atoms with E-state index in [1.807, 2.05) is 0 Å². The third kappa shape index (κ3) is 3.07. The fraction of sp³-hybridized carbons (Fsp3) is 0.667. The summed E-state index contributed by atoms with van der Waals surface area (Å²) in [7, 11) is 3.68. The van der Waals surface area contributed by atoms with Gasteiger partial charge in [0.1, 0.15) is 17.6 Å². The van der Waals surface area contributed by atoms with Crippen LogP contribution in [0.15, 0.2) is 6.07 Å². The number of aromatic nitrogens is 2. The summed E-state index contributed by atoms with van der Waals surface area (Å²) in [4.78, 5) is 10.8. The van der Waals surface area contributed by atoms with E-state index in [0.717, 1.165) is 11.7 Å². The van der Waals surface area contributed by atoms with Crippen LogP contribution in [-0.2, 0) is 11.3 Å². The number of rotatable bonds is 5. The van der Waals surface area contributed by atoms with Crippen LogP contribution in [0, 0.1) is 5.92 Å². The molecule has 1 atom stereocenters. The van der Waals surface area contributed by atoms with Crippen molar-refractivity contribution >= 4 is 17.4 Å². The fourth-order valence-electron chi connectivity index (χ4n) is 1.93. The average molecular weight is 256 g/mol. The van der Waals surface area contributed by atoms with Crippen LogP contribution in [0.3, 0.4) is 0 Å². The molecule has 0 spiro atoms. The Morgan fingerprint density at radius 2 is 2.24 bits per heavy atom. The lowest BCUT2D eigenvalue weighted by Crippen LogP contribution is -2.31. The Labute approximate surface area is 107 Å². The summed E-state index contributed by atoms with van der Waals surface area (Å²) in [5.74, 6) is 2.29. The SMILES string of the molecule is COCc1nc(Cl)cc(N(C)C(C)C2CC2)n1. The first-order chi connectivity index (χ1) is 8.11. The highest BCUT2D eigenvalue weighted by atomic mass is 35.5. The molecule has 1 aromatic heterocycles. The van der Waals surface area contributed by atoms with Crippen LogP contribution in [-0.4, -0.2) is 30.2 Å². The zero-order valence-electron chi connectivity index (χ0n) is 10.5. The molecule has 94 valence electrons. The Bertz CT molecular complexity index is 395. The number of nitrogens with zero attached hydrogens (tertiary/aromatic N) is 3. The second-order valence-electron chi connectivity index (χ2n) is 4.59. The molecule has 1 aliphatic carbocycles. The largest absolute Gasteiger partial charge is 0.377 e. The van der Waals surface area contributed by atoms with Crippen molar-refractivity contribution in [1.29, 1.82) is 0 Å². The van der Waals surface area contributed by atoms with E-state index < -0.39 is 0 Å². The summed E-state index contributed by atoms with van der Waals surface area (Å²) in [5.41, 5.74) is 0. The second kappa shape index (κ2) is 5.19. The van der Waals surface area contributed by atoms with E-state index >= 15 is 0 Å². The Morgan fingerprint density at radius 3 is 2.82 bits per heavy atom. The van der Waals surface area contributed by atoms with Crippen molar-refractivity contribution in [1.82, 2.24) is 9.97 Å². The van der Waals surface area contributed by atoms with Crippen LogP contribution in [0.4, 0.5) is 5.82 Å². The van der Waals surface area contributed by atoms with Crippen molar-refractivity contribution in [3.63, 3.8) is 0 Å². The smallest absolute Gasteiger partial charge is 0.158 e. The Balaban J connectivity index is 2.18. The van der Waals surface area contributed by atoms with Gasteiger partial charge >= 0.3 is 0 Å². The first kappa shape index (κ1) is 12.6. The maximum absolute atomic E-state index is 6.00. The molecule has 0 amide bonds. The van der Waals surface area contributed by atoms with E-state index in [1.165, 1.54) is 12.8 Å². The monoisotopic (exact) mass is 255 g/mol. The van der Waals surface area contributed by atoms with Gasteiger partial charge in [0.2, 0.25) is 0 Å². The maximum atomic E-state index is 6.00. The third-order valence-electron chi connectivity index (χ3n) is 3.28. The minimum absolute atomic E-state index is 0.388. The first-order valence-corrected chi connectivity index (χ1v) is 6.25. The van der Waals surface area contributed by atoms with Crippen LogP contribution < -0.4 is 4.90 Å². The molecule has 0 N–H and O–H groups in total. The Hall–Kier alpha value is -0.870.